The molecule has 1 aliphatic heterocycles. The largest absolute Gasteiger partial charge is 0.479 e. The lowest BCUT2D eigenvalue weighted by Gasteiger charge is -2.38. The molecule has 0 amide bonds. The van der Waals surface area contributed by atoms with Crippen molar-refractivity contribution in [1.29, 1.82) is 0 Å². The number of carbonyl (C=O) groups is 1. The third-order valence-corrected chi connectivity index (χ3v) is 4.31. The monoisotopic (exact) mass is 323 g/mol. The molecule has 1 aromatic heterocycles. The van der Waals surface area contributed by atoms with Crippen molar-refractivity contribution in [2.75, 3.05) is 6.61 Å². The lowest BCUT2D eigenvalue weighted by Crippen LogP contribution is -2.66. The van der Waals surface area contributed by atoms with Gasteiger partial charge in [0.1, 0.15) is 12.2 Å². The highest BCUT2D eigenvalue weighted by Crippen LogP contribution is 2.38. The Bertz CT molecular complexity index is 744. The maximum Gasteiger partial charge on any atom is 0.341 e. The molecule has 0 saturated carbocycles. The Morgan fingerprint density at radius 1 is 1.39 bits per heavy atom. The molecule has 0 radical (unpaired) electrons. The molecule has 2 aromatic rings. The Kier molecular flexibility index (Phi) is 3.66. The van der Waals surface area contributed by atoms with Gasteiger partial charge in [0, 0.05) is 23.5 Å². The van der Waals surface area contributed by atoms with Gasteiger partial charge in [-0.05, 0) is 11.6 Å². The lowest BCUT2D eigenvalue weighted by molar-refractivity contribution is -0.302. The molecule has 23 heavy (non-hydrogen) atoms. The second kappa shape index (κ2) is 5.29. The van der Waals surface area contributed by atoms with Gasteiger partial charge in [-0.25, -0.2) is 4.79 Å². The van der Waals surface area contributed by atoms with E-state index in [9.17, 15) is 30.3 Å². The van der Waals surface area contributed by atoms with Crippen LogP contribution < -0.4 is 0 Å². The molecule has 0 spiro atoms. The van der Waals surface area contributed by atoms with E-state index in [4.69, 9.17) is 4.74 Å². The second-order valence-electron chi connectivity index (χ2n) is 5.72. The minimum absolute atomic E-state index is 0.427. The summed E-state index contributed by atoms with van der Waals surface area (Å²) in [5, 5.41) is 50.6. The predicted octanol–water partition coefficient (Wildman–Crippen LogP) is -1.03. The average molecular weight is 323 g/mol. The Morgan fingerprint density at radius 2 is 2.09 bits per heavy atom. The van der Waals surface area contributed by atoms with Crippen molar-refractivity contribution in [3.05, 3.63) is 36.0 Å². The summed E-state index contributed by atoms with van der Waals surface area (Å²) < 4.78 is 4.87. The standard InChI is InChI=1S/C15H17NO7/c17-11-7-23-15(22,12(11)18)14(21,13(19)20)5-8-6-16-10-4-2-1-3-9(8)10/h1-4,6,11-12,16-18,21-22H,5,7H2,(H,19,20)/t11-,12+,14-,15-/m0/s1. The number of aliphatic carboxylic acids is 1. The molecule has 0 aliphatic carbocycles. The van der Waals surface area contributed by atoms with Crippen molar-refractivity contribution in [3.63, 3.8) is 0 Å². The van der Waals surface area contributed by atoms with Crippen molar-refractivity contribution >= 4 is 16.9 Å². The number of hydrogen-bond donors (Lipinski definition) is 6. The van der Waals surface area contributed by atoms with Crippen LogP contribution in [0.3, 0.4) is 0 Å². The van der Waals surface area contributed by atoms with Gasteiger partial charge in [-0.3, -0.25) is 0 Å². The highest BCUT2D eigenvalue weighted by molar-refractivity contribution is 5.85. The number of nitrogens with one attached hydrogen (secondary N) is 1. The quantitative estimate of drug-likeness (QED) is 0.422. The Balaban J connectivity index is 2.04. The van der Waals surface area contributed by atoms with E-state index in [2.05, 4.69) is 4.98 Å². The van der Waals surface area contributed by atoms with Gasteiger partial charge in [0.2, 0.25) is 11.4 Å². The molecule has 1 aromatic carbocycles. The van der Waals surface area contributed by atoms with E-state index in [1.807, 2.05) is 0 Å². The summed E-state index contributed by atoms with van der Waals surface area (Å²) in [5.41, 5.74) is -1.68. The number of para-hydroxylation sites is 1. The molecule has 1 aliphatic rings. The van der Waals surface area contributed by atoms with Crippen LogP contribution in [0, 0.1) is 0 Å². The molecule has 124 valence electrons. The zero-order valence-electron chi connectivity index (χ0n) is 12.0. The van der Waals surface area contributed by atoms with Crippen LogP contribution in [0.2, 0.25) is 0 Å². The molecule has 8 nitrogen and oxygen atoms in total. The zero-order valence-corrected chi connectivity index (χ0v) is 12.0. The third-order valence-electron chi connectivity index (χ3n) is 4.31. The van der Waals surface area contributed by atoms with Crippen LogP contribution in [-0.2, 0) is 16.0 Å². The molecular formula is C15H17NO7. The summed E-state index contributed by atoms with van der Waals surface area (Å²) in [4.78, 5) is 14.6. The van der Waals surface area contributed by atoms with E-state index in [1.165, 1.54) is 6.20 Å². The minimum Gasteiger partial charge on any atom is -0.479 e. The first-order chi connectivity index (χ1) is 10.8. The summed E-state index contributed by atoms with van der Waals surface area (Å²) >= 11 is 0. The van der Waals surface area contributed by atoms with E-state index in [-0.39, 0.29) is 0 Å². The molecule has 8 heteroatoms. The highest BCUT2D eigenvalue weighted by Gasteiger charge is 2.65. The number of rotatable bonds is 4. The van der Waals surface area contributed by atoms with E-state index in [1.54, 1.807) is 24.3 Å². The fourth-order valence-electron chi connectivity index (χ4n) is 2.92. The first-order valence-electron chi connectivity index (χ1n) is 7.03. The van der Waals surface area contributed by atoms with E-state index in [0.717, 1.165) is 5.52 Å². The topological polar surface area (TPSA) is 143 Å². The number of ether oxygens (including phenoxy) is 1. The summed E-state index contributed by atoms with van der Waals surface area (Å²) in [5.74, 6) is -4.59. The number of aliphatic hydroxyl groups is 4. The van der Waals surface area contributed by atoms with Crippen LogP contribution in [0.1, 0.15) is 5.56 Å². The molecule has 1 saturated heterocycles. The van der Waals surface area contributed by atoms with Crippen LogP contribution >= 0.6 is 0 Å². The second-order valence-corrected chi connectivity index (χ2v) is 5.72. The fraction of sp³-hybridized carbons (Fsp3) is 0.400. The predicted molar refractivity (Wildman–Crippen MR) is 77.5 cm³/mol. The van der Waals surface area contributed by atoms with Crippen LogP contribution in [0.25, 0.3) is 10.9 Å². The number of aromatic amines is 1. The first kappa shape index (κ1) is 15.9. The van der Waals surface area contributed by atoms with E-state index in [0.29, 0.717) is 10.9 Å². The molecule has 1 fully saturated rings. The number of H-pyrrole nitrogens is 1. The molecule has 0 bridgehead atoms. The van der Waals surface area contributed by atoms with Gasteiger partial charge < -0.3 is 35.3 Å². The van der Waals surface area contributed by atoms with Gasteiger partial charge in [-0.2, -0.15) is 0 Å². The summed E-state index contributed by atoms with van der Waals surface area (Å²) in [6, 6.07) is 7.05. The van der Waals surface area contributed by atoms with Crippen molar-refractivity contribution in [3.8, 4) is 0 Å². The van der Waals surface area contributed by atoms with Crippen LogP contribution in [0.4, 0.5) is 0 Å². The van der Waals surface area contributed by atoms with Crippen molar-refractivity contribution < 1.29 is 35.1 Å². The van der Waals surface area contributed by atoms with Crippen LogP contribution in [-0.4, -0.2) is 66.7 Å². The number of hydrogen-bond acceptors (Lipinski definition) is 6. The summed E-state index contributed by atoms with van der Waals surface area (Å²) in [6.45, 7) is -0.485. The summed E-state index contributed by atoms with van der Waals surface area (Å²) in [6.07, 6.45) is -2.45. The van der Waals surface area contributed by atoms with Crippen molar-refractivity contribution in [2.24, 2.45) is 0 Å². The maximum absolute atomic E-state index is 11.6. The number of aliphatic hydroxyl groups excluding tert-OH is 2. The molecule has 0 unspecified atom stereocenters. The number of fused-ring (bicyclic) bond motifs is 1. The Morgan fingerprint density at radius 3 is 2.70 bits per heavy atom. The van der Waals surface area contributed by atoms with Gasteiger partial charge in [-0.15, -0.1) is 0 Å². The van der Waals surface area contributed by atoms with Gasteiger partial charge >= 0.3 is 5.97 Å². The Labute approximate surface area is 130 Å². The van der Waals surface area contributed by atoms with Gasteiger partial charge in [0.25, 0.3) is 0 Å². The Hall–Kier alpha value is -1.97. The minimum atomic E-state index is -2.84. The average Bonchev–Trinajstić information content (AvgIpc) is 3.05. The van der Waals surface area contributed by atoms with Gasteiger partial charge in [-0.1, -0.05) is 18.2 Å². The lowest BCUT2D eigenvalue weighted by atomic mass is 9.82. The number of aromatic nitrogens is 1. The first-order valence-corrected chi connectivity index (χ1v) is 7.03. The van der Waals surface area contributed by atoms with E-state index < -0.39 is 42.6 Å². The van der Waals surface area contributed by atoms with Crippen LogP contribution in [0.5, 0.6) is 0 Å². The molecule has 6 N–H and O–H groups in total. The maximum atomic E-state index is 11.6. The normalized spacial score (nSPS) is 30.4. The van der Waals surface area contributed by atoms with Gasteiger partial charge in [0.05, 0.1) is 6.61 Å². The third kappa shape index (κ3) is 2.23. The molecule has 3 rings (SSSR count). The van der Waals surface area contributed by atoms with Gasteiger partial charge in [0.15, 0.2) is 0 Å². The van der Waals surface area contributed by atoms with E-state index >= 15 is 0 Å². The van der Waals surface area contributed by atoms with Crippen molar-refractivity contribution in [1.82, 2.24) is 4.98 Å². The fourth-order valence-corrected chi connectivity index (χ4v) is 2.92. The molecular weight excluding hydrogens is 306 g/mol. The zero-order chi connectivity index (χ0) is 16.8. The smallest absolute Gasteiger partial charge is 0.341 e. The van der Waals surface area contributed by atoms with Crippen molar-refractivity contribution in [2.45, 2.75) is 30.0 Å². The number of carboxylic acids is 1. The summed E-state index contributed by atoms with van der Waals surface area (Å²) in [7, 11) is 0. The number of carboxylic acid groups (broad SMARTS) is 1. The highest BCUT2D eigenvalue weighted by atomic mass is 16.7. The number of benzene rings is 1. The van der Waals surface area contributed by atoms with Crippen LogP contribution in [0.15, 0.2) is 30.5 Å². The molecule has 2 heterocycles. The molecule has 4 atom stereocenters. The SMILES string of the molecule is O=C(O)[C@@](O)(Cc1c[nH]c2ccccc12)[C@@]1(O)OC[C@H](O)[C@H]1O.